The second-order valence-corrected chi connectivity index (χ2v) is 31.1. The molecule has 0 aliphatic carbocycles. The van der Waals surface area contributed by atoms with Crippen LogP contribution in [0, 0.1) is 86.6 Å². The third-order valence-corrected chi connectivity index (χ3v) is 20.2. The van der Waals surface area contributed by atoms with E-state index in [9.17, 15) is 71.9 Å². The summed E-state index contributed by atoms with van der Waals surface area (Å²) in [6, 6.07) is 19.7. The molecule has 12 rings (SSSR count). The first-order valence-corrected chi connectivity index (χ1v) is 39.5. The van der Waals surface area contributed by atoms with Crippen LogP contribution in [0.1, 0.15) is 183 Å². The molecule has 0 aliphatic heterocycles. The molecule has 0 saturated carbocycles. The van der Waals surface area contributed by atoms with Crippen molar-refractivity contribution in [1.82, 2.24) is 58.8 Å². The number of halogens is 12. The molecule has 0 fully saturated rings. The number of carbonyl (C=O) groups excluding carboxylic acids is 4. The fraction of sp³-hybridized carbons (Fsp3) is 0.348. The minimum absolute atomic E-state index is 0.0485. The predicted molar refractivity (Wildman–Crippen MR) is 446 cm³/mol. The topological polar surface area (TPSA) is 327 Å². The predicted octanol–water partition coefficient (Wildman–Crippen LogP) is 14.8. The molecule has 12 aromatic rings. The molecule has 4 unspecified atom stereocenters. The van der Waals surface area contributed by atoms with Gasteiger partial charge in [0.1, 0.15) is 122 Å². The number of nitrogens with one attached hydrogen (secondary N) is 4. The summed E-state index contributed by atoms with van der Waals surface area (Å²) in [6.45, 7) is 15.0. The fourth-order valence-corrected chi connectivity index (χ4v) is 12.6. The summed E-state index contributed by atoms with van der Waals surface area (Å²) >= 11 is 0. The zero-order chi connectivity index (χ0) is 91.7. The Labute approximate surface area is 712 Å². The Kier molecular flexibility index (Phi) is 32.0. The summed E-state index contributed by atoms with van der Waals surface area (Å²) in [6.07, 6.45) is 14.4. The summed E-state index contributed by atoms with van der Waals surface area (Å²) in [5, 5.41) is 11.0. The number of imidazole rings is 4. The number of terminal acetylenes is 1. The number of hydrogen-bond donors (Lipinski definition) is 8. The highest BCUT2D eigenvalue weighted by atomic mass is 19.2. The van der Waals surface area contributed by atoms with E-state index in [1.54, 1.807) is 40.0 Å². The molecule has 0 bridgehead atoms. The highest BCUT2D eigenvalue weighted by molar-refractivity contribution is 5.97. The van der Waals surface area contributed by atoms with Gasteiger partial charge in [-0.15, -0.1) is 6.42 Å². The summed E-state index contributed by atoms with van der Waals surface area (Å²) in [5.41, 5.74) is 24.5. The number of benzene rings is 4. The van der Waals surface area contributed by atoms with Gasteiger partial charge in [0.25, 0.3) is 23.6 Å². The molecule has 125 heavy (non-hydrogen) atoms. The molecule has 4 aromatic carbocycles. The van der Waals surface area contributed by atoms with Crippen LogP contribution in [0.25, 0.3) is 22.6 Å². The number of pyridine rings is 4. The Morgan fingerprint density at radius 3 is 0.864 bits per heavy atom. The van der Waals surface area contributed by atoms with Crippen molar-refractivity contribution in [3.8, 4) is 35.3 Å². The Bertz CT molecular complexity index is 5460. The van der Waals surface area contributed by atoms with Gasteiger partial charge in [-0.3, -0.25) is 36.8 Å². The van der Waals surface area contributed by atoms with Crippen molar-refractivity contribution in [2.75, 3.05) is 32.9 Å². The molecule has 0 aliphatic rings. The average molecular weight is 1750 g/mol. The maximum Gasteiger partial charge on any atom is 0.270 e. The third-order valence-electron chi connectivity index (χ3n) is 20.2. The fourth-order valence-electron chi connectivity index (χ4n) is 12.6. The summed E-state index contributed by atoms with van der Waals surface area (Å²) in [4.78, 5) is 68.8. The minimum Gasteiger partial charge on any atom is -0.485 e. The van der Waals surface area contributed by atoms with Crippen LogP contribution in [0.15, 0.2) is 122 Å². The molecular formula is C89H98F12N16O8. The van der Waals surface area contributed by atoms with Crippen molar-refractivity contribution >= 4 is 46.2 Å². The van der Waals surface area contributed by atoms with E-state index in [0.717, 1.165) is 61.4 Å². The lowest BCUT2D eigenvalue weighted by molar-refractivity contribution is 0.0928. The first kappa shape index (κ1) is 96.1. The molecule has 36 heteroatoms. The van der Waals surface area contributed by atoms with E-state index in [1.165, 1.54) is 85.6 Å². The van der Waals surface area contributed by atoms with E-state index in [0.29, 0.717) is 46.8 Å². The van der Waals surface area contributed by atoms with Crippen LogP contribution in [0.4, 0.5) is 52.7 Å². The van der Waals surface area contributed by atoms with E-state index in [4.69, 9.17) is 48.3 Å². The number of fused-ring (bicyclic) bond motifs is 4. The van der Waals surface area contributed by atoms with Gasteiger partial charge >= 0.3 is 0 Å². The molecule has 4 amide bonds. The maximum absolute atomic E-state index is 14.0. The van der Waals surface area contributed by atoms with Crippen molar-refractivity contribution in [3.05, 3.63) is 258 Å². The van der Waals surface area contributed by atoms with Crippen LogP contribution in [-0.4, -0.2) is 116 Å². The van der Waals surface area contributed by atoms with Gasteiger partial charge in [0.15, 0.2) is 45.6 Å². The van der Waals surface area contributed by atoms with Crippen LogP contribution < -0.4 is 63.1 Å². The zero-order valence-electron chi connectivity index (χ0n) is 70.6. The van der Waals surface area contributed by atoms with Gasteiger partial charge in [-0.25, -0.2) is 72.6 Å². The number of ether oxygens (including phenoxy) is 4. The van der Waals surface area contributed by atoms with Gasteiger partial charge in [0.2, 0.25) is 0 Å². The minimum atomic E-state index is -1.24. The lowest BCUT2D eigenvalue weighted by atomic mass is 9.98. The van der Waals surface area contributed by atoms with E-state index in [1.807, 2.05) is 41.5 Å². The number of hydrogen-bond acceptors (Lipinski definition) is 16. The van der Waals surface area contributed by atoms with Crippen molar-refractivity contribution in [1.29, 1.82) is 0 Å². The number of carbonyl (C=O) groups is 4. The number of amides is 4. The Morgan fingerprint density at radius 1 is 0.392 bits per heavy atom. The average Bonchev–Trinajstić information content (AvgIpc) is 1.64. The summed E-state index contributed by atoms with van der Waals surface area (Å²) in [7, 11) is 0. The standard InChI is InChI=1S/C24H26F2N4O2.2C22H25F3N4O2.C21H22F4N4O2/c1-5-10-24(4,27)14-28-23(31)21-15(3)29-22-20(11-16(6-2)12-30(21)22)32-13-17-18(25)8-7-9-19(17)26;2*1-4-22(3,26)12-27-21(30)19-13(2)28-20-18(8-14(9-23)10-29(19)20)31-11-15-16(24)6-5-7-17(15)25;1-12-18(20(30)27-11-21(2,26)10-23)29-8-13(7-22)6-17(19(29)28-12)31-9-14-15(24)4-3-5-16(14)25/h2,7-9,11-12H,5,10,13-14,27H2,1,3-4H3,(H,28,31);2*5-8,10H,4,9,11-12,26H2,1-3H3,(H,27,30);3-6,8H,7,9-11,26H2,1-2H3,(H,27,30). The van der Waals surface area contributed by atoms with E-state index in [2.05, 4.69) is 47.1 Å². The quantitative estimate of drug-likeness (QED) is 0.0143. The van der Waals surface area contributed by atoms with Gasteiger partial charge < -0.3 is 63.1 Å². The van der Waals surface area contributed by atoms with Crippen molar-refractivity contribution in [3.63, 3.8) is 0 Å². The van der Waals surface area contributed by atoms with Crippen molar-refractivity contribution in [2.24, 2.45) is 22.9 Å². The second-order valence-electron chi connectivity index (χ2n) is 31.1. The maximum atomic E-state index is 14.0. The molecule has 12 N–H and O–H groups in total. The van der Waals surface area contributed by atoms with E-state index < -0.39 is 133 Å². The first-order valence-electron chi connectivity index (χ1n) is 39.5. The van der Waals surface area contributed by atoms with Crippen LogP contribution in [0.2, 0.25) is 0 Å². The van der Waals surface area contributed by atoms with Gasteiger partial charge in [-0.1, -0.05) is 57.4 Å². The highest BCUT2D eigenvalue weighted by Crippen LogP contribution is 2.33. The smallest absolute Gasteiger partial charge is 0.270 e. The number of alkyl halides is 4. The molecule has 0 radical (unpaired) electrons. The number of nitrogens with zero attached hydrogens (tertiary/aromatic N) is 8. The van der Waals surface area contributed by atoms with E-state index >= 15 is 0 Å². The number of nitrogens with two attached hydrogens (primary N) is 4. The van der Waals surface area contributed by atoms with Crippen LogP contribution >= 0.6 is 0 Å². The number of aryl methyl sites for hydroxylation is 4. The second kappa shape index (κ2) is 41.6. The summed E-state index contributed by atoms with van der Waals surface area (Å²) < 4.78 is 193. The molecular weight excluding hydrogens is 1650 g/mol. The molecule has 8 aromatic heterocycles. The highest BCUT2D eigenvalue weighted by Gasteiger charge is 2.30. The number of aromatic nitrogens is 8. The third kappa shape index (κ3) is 23.8. The normalized spacial score (nSPS) is 13.2. The summed E-state index contributed by atoms with van der Waals surface area (Å²) in [5.74, 6) is -4.81. The van der Waals surface area contributed by atoms with Crippen LogP contribution in [-0.2, 0) is 46.5 Å². The monoisotopic (exact) mass is 1750 g/mol. The first-order chi connectivity index (χ1) is 59.2. The SMILES string of the molecule is C#Cc1cc(OCc2c(F)cccc2F)c2nc(C)c(C(=O)NCC(C)(N)CCC)n2c1.CCC(C)(N)CNC(=O)c1c(C)nc2c(OCc3c(F)cccc3F)cc(CF)cn12.CCC(C)(N)CNC(=O)c1c(C)nc2c(OCc3c(F)cccc3F)cc(CF)cn12.Cc1nc2c(OCc3c(F)cccc3F)cc(CF)cn2c1C(=O)NCC(C)(N)CF. The molecule has 4 atom stereocenters. The van der Waals surface area contributed by atoms with Gasteiger partial charge in [0.05, 0.1) is 50.6 Å². The largest absolute Gasteiger partial charge is 0.485 e. The lowest BCUT2D eigenvalue weighted by Gasteiger charge is -2.24. The van der Waals surface area contributed by atoms with Crippen molar-refractivity contribution in [2.45, 2.75) is 170 Å². The Balaban J connectivity index is 0.000000189. The van der Waals surface area contributed by atoms with Gasteiger partial charge in [-0.2, -0.15) is 0 Å². The molecule has 0 saturated heterocycles. The van der Waals surface area contributed by atoms with Crippen LogP contribution in [0.3, 0.4) is 0 Å². The number of rotatable bonds is 32. The van der Waals surface area contributed by atoms with Crippen molar-refractivity contribution < 1.29 is 90.8 Å². The Hall–Kier alpha value is -12.7. The van der Waals surface area contributed by atoms with Gasteiger partial charge in [0, 0.05) is 95.9 Å². The molecule has 24 nitrogen and oxygen atoms in total. The lowest BCUT2D eigenvalue weighted by Crippen LogP contribution is -2.49. The zero-order valence-corrected chi connectivity index (χ0v) is 70.6. The van der Waals surface area contributed by atoms with Crippen LogP contribution in [0.5, 0.6) is 23.0 Å². The Morgan fingerprint density at radius 2 is 0.632 bits per heavy atom. The molecule has 0 spiro atoms. The van der Waals surface area contributed by atoms with Gasteiger partial charge in [-0.05, 0) is 141 Å². The molecule has 8 heterocycles. The van der Waals surface area contributed by atoms with E-state index in [-0.39, 0.29) is 140 Å². The molecule has 666 valence electrons.